The van der Waals surface area contributed by atoms with Gasteiger partial charge < -0.3 is 4.98 Å². The number of carbonyl (C=O) groups is 2. The highest BCUT2D eigenvalue weighted by atomic mass is 19.1. The van der Waals surface area contributed by atoms with Crippen molar-refractivity contribution in [3.05, 3.63) is 64.8 Å². The Bertz CT molecular complexity index is 1180. The van der Waals surface area contributed by atoms with Crippen LogP contribution in [0.5, 0.6) is 0 Å². The summed E-state index contributed by atoms with van der Waals surface area (Å²) in [5.41, 5.74) is 1.98. The summed E-state index contributed by atoms with van der Waals surface area (Å²) in [6.45, 7) is 1.25. The van der Waals surface area contributed by atoms with Crippen LogP contribution in [0, 0.1) is 5.82 Å². The van der Waals surface area contributed by atoms with E-state index in [2.05, 4.69) is 4.98 Å². The van der Waals surface area contributed by atoms with E-state index >= 15 is 0 Å². The van der Waals surface area contributed by atoms with Crippen LogP contribution in [0.25, 0.3) is 11.0 Å². The highest BCUT2D eigenvalue weighted by molar-refractivity contribution is 6.22. The number of anilines is 1. The van der Waals surface area contributed by atoms with Crippen LogP contribution in [-0.4, -0.2) is 45.4 Å². The topological polar surface area (TPSA) is 78.4 Å². The third-order valence-electron chi connectivity index (χ3n) is 6.14. The van der Waals surface area contributed by atoms with Crippen LogP contribution in [0.4, 0.5) is 10.1 Å². The molecule has 2 aromatic carbocycles. The van der Waals surface area contributed by atoms with E-state index in [-0.39, 0.29) is 30.0 Å². The molecule has 1 aromatic heterocycles. The Balaban J connectivity index is 1.31. The van der Waals surface area contributed by atoms with Gasteiger partial charge in [0.05, 0.1) is 29.2 Å². The van der Waals surface area contributed by atoms with Crippen molar-refractivity contribution in [3.63, 3.8) is 0 Å². The van der Waals surface area contributed by atoms with Gasteiger partial charge in [0.2, 0.25) is 5.91 Å². The number of piperidine rings is 1. The number of benzene rings is 2. The number of H-pyrrole nitrogens is 1. The fourth-order valence-electron chi connectivity index (χ4n) is 4.66. The average molecular weight is 408 g/mol. The van der Waals surface area contributed by atoms with Crippen LogP contribution in [0.2, 0.25) is 0 Å². The molecule has 3 aromatic rings. The maximum atomic E-state index is 13.2. The number of nitrogens with zero attached hydrogens (tertiary/aromatic N) is 3. The summed E-state index contributed by atoms with van der Waals surface area (Å²) in [6, 6.07) is 12.5. The van der Waals surface area contributed by atoms with Crippen molar-refractivity contribution in [1.82, 2.24) is 14.5 Å². The number of aromatic nitrogens is 2. The number of fused-ring (bicyclic) bond motifs is 1. The molecule has 2 saturated heterocycles. The molecule has 0 unspecified atom stereocenters. The van der Waals surface area contributed by atoms with E-state index in [1.807, 2.05) is 29.2 Å². The van der Waals surface area contributed by atoms with E-state index in [1.165, 1.54) is 24.3 Å². The Morgan fingerprint density at radius 3 is 2.37 bits per heavy atom. The zero-order chi connectivity index (χ0) is 20.8. The van der Waals surface area contributed by atoms with Gasteiger partial charge in [0.1, 0.15) is 5.82 Å². The number of carbonyl (C=O) groups excluding carboxylic acids is 2. The molecule has 5 rings (SSSR count). The quantitative estimate of drug-likeness (QED) is 0.676. The highest BCUT2D eigenvalue weighted by Gasteiger charge is 2.43. The second-order valence-corrected chi connectivity index (χ2v) is 7.85. The molecule has 0 aliphatic carbocycles. The zero-order valence-corrected chi connectivity index (χ0v) is 16.3. The first kappa shape index (κ1) is 18.7. The number of rotatable bonds is 3. The molecule has 154 valence electrons. The Hall–Kier alpha value is -3.26. The molecule has 1 atom stereocenters. The van der Waals surface area contributed by atoms with Crippen LogP contribution in [0.1, 0.15) is 25.3 Å². The largest absolute Gasteiger partial charge is 0.326 e. The van der Waals surface area contributed by atoms with E-state index in [4.69, 9.17) is 0 Å². The van der Waals surface area contributed by atoms with Gasteiger partial charge in [-0.2, -0.15) is 0 Å². The van der Waals surface area contributed by atoms with Crippen LogP contribution in [0.3, 0.4) is 0 Å². The summed E-state index contributed by atoms with van der Waals surface area (Å²) in [4.78, 5) is 44.0. The molecule has 0 saturated carbocycles. The van der Waals surface area contributed by atoms with Gasteiger partial charge in [-0.3, -0.25) is 19.1 Å². The Morgan fingerprint density at radius 2 is 1.63 bits per heavy atom. The number of para-hydroxylation sites is 2. The molecule has 0 bridgehead atoms. The monoisotopic (exact) mass is 408 g/mol. The van der Waals surface area contributed by atoms with Gasteiger partial charge in [-0.15, -0.1) is 0 Å². The highest BCUT2D eigenvalue weighted by Crippen LogP contribution is 2.30. The number of imidazole rings is 1. The summed E-state index contributed by atoms with van der Waals surface area (Å²) in [6.07, 6.45) is 1.56. The first-order valence-corrected chi connectivity index (χ1v) is 10.1. The fraction of sp³-hybridized carbons (Fsp3) is 0.318. The third-order valence-corrected chi connectivity index (χ3v) is 6.14. The van der Waals surface area contributed by atoms with Gasteiger partial charge >= 0.3 is 5.69 Å². The first-order chi connectivity index (χ1) is 14.5. The number of hydrogen-bond donors (Lipinski definition) is 1. The number of likely N-dealkylation sites (tertiary alicyclic amines) is 1. The molecule has 2 aliphatic rings. The lowest BCUT2D eigenvalue weighted by atomic mass is 10.0. The second kappa shape index (κ2) is 7.21. The van der Waals surface area contributed by atoms with Crippen molar-refractivity contribution in [2.75, 3.05) is 18.0 Å². The van der Waals surface area contributed by atoms with Crippen LogP contribution < -0.4 is 10.6 Å². The van der Waals surface area contributed by atoms with E-state index in [0.717, 1.165) is 28.8 Å². The second-order valence-electron chi connectivity index (χ2n) is 7.85. The number of imide groups is 1. The average Bonchev–Trinajstić information content (AvgIpc) is 3.24. The first-order valence-electron chi connectivity index (χ1n) is 10.1. The molecule has 2 aliphatic heterocycles. The number of nitrogens with one attached hydrogen (secondary N) is 1. The minimum atomic E-state index is -0.511. The van der Waals surface area contributed by atoms with E-state index in [9.17, 15) is 18.8 Å². The fourth-order valence-corrected chi connectivity index (χ4v) is 4.66. The molecular formula is C22H21FN4O3. The minimum absolute atomic E-state index is 0.0466. The predicted octanol–water partition coefficient (Wildman–Crippen LogP) is 2.44. The molecule has 0 spiro atoms. The number of amides is 2. The molecule has 2 fully saturated rings. The van der Waals surface area contributed by atoms with Gasteiger partial charge in [-0.25, -0.2) is 14.1 Å². The molecular weight excluding hydrogens is 387 g/mol. The Morgan fingerprint density at radius 1 is 0.933 bits per heavy atom. The Kier molecular flexibility index (Phi) is 4.51. The molecule has 1 N–H and O–H groups in total. The van der Waals surface area contributed by atoms with Gasteiger partial charge in [0.25, 0.3) is 5.91 Å². The summed E-state index contributed by atoms with van der Waals surface area (Å²) < 4.78 is 15.0. The normalized spacial score (nSPS) is 21.1. The van der Waals surface area contributed by atoms with E-state index < -0.39 is 11.9 Å². The number of halogens is 1. The summed E-state index contributed by atoms with van der Waals surface area (Å²) >= 11 is 0. The smallest absolute Gasteiger partial charge is 0.306 e. The van der Waals surface area contributed by atoms with Crippen molar-refractivity contribution < 1.29 is 14.0 Å². The van der Waals surface area contributed by atoms with Crippen molar-refractivity contribution in [3.8, 4) is 0 Å². The lowest BCUT2D eigenvalue weighted by Crippen LogP contribution is -2.46. The molecule has 8 heteroatoms. The van der Waals surface area contributed by atoms with Crippen LogP contribution in [-0.2, 0) is 9.59 Å². The zero-order valence-electron chi connectivity index (χ0n) is 16.3. The van der Waals surface area contributed by atoms with Crippen molar-refractivity contribution >= 4 is 28.5 Å². The van der Waals surface area contributed by atoms with Gasteiger partial charge in [-0.1, -0.05) is 12.1 Å². The molecule has 2 amide bonds. The third kappa shape index (κ3) is 3.04. The summed E-state index contributed by atoms with van der Waals surface area (Å²) in [7, 11) is 0. The SMILES string of the molecule is O=C1C[C@@H](N2CCC(n3c(=O)[nH]c4ccccc43)CC2)C(=O)N1c1ccc(F)cc1. The van der Waals surface area contributed by atoms with Gasteiger partial charge in [-0.05, 0) is 49.2 Å². The Labute approximate surface area is 171 Å². The summed E-state index contributed by atoms with van der Waals surface area (Å²) in [5, 5.41) is 0. The predicted molar refractivity (Wildman–Crippen MR) is 110 cm³/mol. The number of hydrogen-bond acceptors (Lipinski definition) is 4. The lowest BCUT2D eigenvalue weighted by molar-refractivity contribution is -0.123. The maximum absolute atomic E-state index is 13.2. The summed E-state index contributed by atoms with van der Waals surface area (Å²) in [5.74, 6) is -0.954. The van der Waals surface area contributed by atoms with Crippen molar-refractivity contribution in [1.29, 1.82) is 0 Å². The van der Waals surface area contributed by atoms with Gasteiger partial charge in [0, 0.05) is 19.1 Å². The molecule has 7 nitrogen and oxygen atoms in total. The van der Waals surface area contributed by atoms with Gasteiger partial charge in [0.15, 0.2) is 0 Å². The lowest BCUT2D eigenvalue weighted by Gasteiger charge is -2.35. The standard InChI is InChI=1S/C22H21FN4O3/c23-14-5-7-15(8-6-14)27-20(28)13-19(21(27)29)25-11-9-16(10-12-25)26-18-4-2-1-3-17(18)24-22(26)30/h1-8,16,19H,9-13H2,(H,24,30)/t19-/m1/s1. The van der Waals surface area contributed by atoms with E-state index in [1.54, 1.807) is 4.57 Å². The minimum Gasteiger partial charge on any atom is -0.306 e. The van der Waals surface area contributed by atoms with Crippen LogP contribution >= 0.6 is 0 Å². The number of aromatic amines is 1. The van der Waals surface area contributed by atoms with Crippen molar-refractivity contribution in [2.24, 2.45) is 0 Å². The molecule has 0 radical (unpaired) electrons. The van der Waals surface area contributed by atoms with Crippen LogP contribution in [0.15, 0.2) is 53.3 Å². The van der Waals surface area contributed by atoms with Crippen molar-refractivity contribution in [2.45, 2.75) is 31.3 Å². The molecule has 30 heavy (non-hydrogen) atoms. The maximum Gasteiger partial charge on any atom is 0.326 e. The van der Waals surface area contributed by atoms with E-state index in [0.29, 0.717) is 18.8 Å². The molecule has 3 heterocycles.